The molecule has 1 aliphatic rings. The number of carbonyl (C=O) groups excluding carboxylic acids is 1. The van der Waals surface area contributed by atoms with Crippen molar-refractivity contribution in [1.29, 1.82) is 0 Å². The molecular formula is C21H17F2N5O. The van der Waals surface area contributed by atoms with E-state index < -0.39 is 23.6 Å². The minimum Gasteiger partial charge on any atom is -0.369 e. The van der Waals surface area contributed by atoms with Crippen molar-refractivity contribution in [1.82, 2.24) is 14.9 Å². The highest BCUT2D eigenvalue weighted by Crippen LogP contribution is 2.41. The van der Waals surface area contributed by atoms with Crippen LogP contribution in [0.3, 0.4) is 0 Å². The first kappa shape index (κ1) is 18.7. The molecule has 4 rings (SSSR count). The first-order valence-electron chi connectivity index (χ1n) is 8.82. The van der Waals surface area contributed by atoms with Gasteiger partial charge in [0.25, 0.3) is 12.3 Å². The largest absolute Gasteiger partial charge is 0.369 e. The van der Waals surface area contributed by atoms with Gasteiger partial charge in [-0.1, -0.05) is 24.3 Å². The van der Waals surface area contributed by atoms with E-state index in [-0.39, 0.29) is 11.5 Å². The van der Waals surface area contributed by atoms with Crippen LogP contribution >= 0.6 is 0 Å². The van der Waals surface area contributed by atoms with E-state index in [1.807, 2.05) is 12.1 Å². The lowest BCUT2D eigenvalue weighted by Gasteiger charge is -2.26. The number of guanidine groups is 1. The molecule has 0 aliphatic carbocycles. The average molecular weight is 393 g/mol. The van der Waals surface area contributed by atoms with Crippen molar-refractivity contribution >= 4 is 11.9 Å². The standard InChI is InChI=1S/C21H17F2N5O/c1-28-19(29)21(27-20(28)24,16-7-9-26-17(11-16)18(22)23)15-6-2-4-13(10-15)14-5-3-8-25-12-14/h2-12,18H,1H3,(H2,24,27). The van der Waals surface area contributed by atoms with Gasteiger partial charge in [-0.25, -0.2) is 13.8 Å². The number of nitrogens with two attached hydrogens (primary N) is 1. The fourth-order valence-electron chi connectivity index (χ4n) is 3.43. The van der Waals surface area contributed by atoms with Gasteiger partial charge in [0.05, 0.1) is 0 Å². The molecule has 8 heteroatoms. The monoisotopic (exact) mass is 393 g/mol. The molecule has 0 bridgehead atoms. The number of halogens is 2. The predicted molar refractivity (Wildman–Crippen MR) is 104 cm³/mol. The van der Waals surface area contributed by atoms with Crippen molar-refractivity contribution in [3.63, 3.8) is 0 Å². The Balaban J connectivity index is 1.95. The second-order valence-corrected chi connectivity index (χ2v) is 6.64. The number of aromatic nitrogens is 2. The second kappa shape index (κ2) is 7.05. The van der Waals surface area contributed by atoms with Crippen LogP contribution in [0.2, 0.25) is 0 Å². The maximum Gasteiger partial charge on any atom is 0.280 e. The number of hydrogen-bond acceptors (Lipinski definition) is 5. The second-order valence-electron chi connectivity index (χ2n) is 6.64. The molecule has 1 unspecified atom stereocenters. The van der Waals surface area contributed by atoms with E-state index in [9.17, 15) is 13.6 Å². The maximum atomic E-state index is 13.3. The van der Waals surface area contributed by atoms with E-state index in [4.69, 9.17) is 5.73 Å². The quantitative estimate of drug-likeness (QED) is 0.738. The van der Waals surface area contributed by atoms with Gasteiger partial charge in [0.2, 0.25) is 0 Å². The summed E-state index contributed by atoms with van der Waals surface area (Å²) in [5.41, 5.74) is 6.41. The summed E-state index contributed by atoms with van der Waals surface area (Å²) in [4.78, 5) is 26.8. The van der Waals surface area contributed by atoms with Gasteiger partial charge < -0.3 is 5.73 Å². The summed E-state index contributed by atoms with van der Waals surface area (Å²) in [6.45, 7) is 0. The first-order chi connectivity index (χ1) is 13.9. The summed E-state index contributed by atoms with van der Waals surface area (Å²) in [5.74, 6) is -0.415. The molecule has 1 amide bonds. The van der Waals surface area contributed by atoms with Crippen molar-refractivity contribution in [2.75, 3.05) is 7.05 Å². The van der Waals surface area contributed by atoms with Gasteiger partial charge in [0.15, 0.2) is 11.5 Å². The number of rotatable bonds is 4. The smallest absolute Gasteiger partial charge is 0.280 e. The highest BCUT2D eigenvalue weighted by atomic mass is 19.3. The number of aliphatic imine (C=N–C) groups is 1. The van der Waals surface area contributed by atoms with Crippen LogP contribution in [0.5, 0.6) is 0 Å². The van der Waals surface area contributed by atoms with Gasteiger partial charge in [0.1, 0.15) is 5.69 Å². The minimum absolute atomic E-state index is 0.0113. The van der Waals surface area contributed by atoms with Gasteiger partial charge in [-0.15, -0.1) is 0 Å². The molecule has 1 aromatic carbocycles. The van der Waals surface area contributed by atoms with E-state index in [0.717, 1.165) is 11.1 Å². The number of carbonyl (C=O) groups is 1. The van der Waals surface area contributed by atoms with Crippen LogP contribution < -0.4 is 5.73 Å². The van der Waals surface area contributed by atoms with E-state index in [1.165, 1.54) is 30.3 Å². The van der Waals surface area contributed by atoms with Crippen molar-refractivity contribution in [3.8, 4) is 11.1 Å². The Hall–Kier alpha value is -3.68. The van der Waals surface area contributed by atoms with Crippen LogP contribution in [0.4, 0.5) is 8.78 Å². The summed E-state index contributed by atoms with van der Waals surface area (Å²) in [6, 6.07) is 13.6. The summed E-state index contributed by atoms with van der Waals surface area (Å²) in [6.07, 6.45) is 1.84. The molecule has 1 atom stereocenters. The zero-order valence-corrected chi connectivity index (χ0v) is 15.5. The molecule has 3 aromatic rings. The van der Waals surface area contributed by atoms with Crippen LogP contribution in [-0.2, 0) is 10.3 Å². The van der Waals surface area contributed by atoms with Gasteiger partial charge >= 0.3 is 0 Å². The Labute approximate surface area is 165 Å². The van der Waals surface area contributed by atoms with E-state index in [1.54, 1.807) is 36.7 Å². The number of alkyl halides is 2. The van der Waals surface area contributed by atoms with Crippen LogP contribution in [0.25, 0.3) is 11.1 Å². The Morgan fingerprint density at radius 2 is 1.79 bits per heavy atom. The lowest BCUT2D eigenvalue weighted by atomic mass is 9.82. The highest BCUT2D eigenvalue weighted by molar-refractivity contribution is 6.09. The zero-order chi connectivity index (χ0) is 20.6. The normalized spacial score (nSPS) is 19.0. The number of hydrogen-bond donors (Lipinski definition) is 1. The molecule has 1 aliphatic heterocycles. The molecule has 2 N–H and O–H groups in total. The summed E-state index contributed by atoms with van der Waals surface area (Å²) in [5, 5.41) is 0. The molecule has 0 saturated carbocycles. The van der Waals surface area contributed by atoms with Gasteiger partial charge in [-0.3, -0.25) is 19.7 Å². The third-order valence-electron chi connectivity index (χ3n) is 4.94. The lowest BCUT2D eigenvalue weighted by Crippen LogP contribution is -2.41. The number of benzene rings is 1. The van der Waals surface area contributed by atoms with Gasteiger partial charge in [-0.2, -0.15) is 0 Å². The molecule has 2 aromatic heterocycles. The van der Waals surface area contributed by atoms with Gasteiger partial charge in [0, 0.05) is 25.6 Å². The number of amides is 1. The van der Waals surface area contributed by atoms with Crippen LogP contribution in [-0.4, -0.2) is 33.8 Å². The topological polar surface area (TPSA) is 84.5 Å². The Morgan fingerprint density at radius 3 is 2.45 bits per heavy atom. The predicted octanol–water partition coefficient (Wildman–Crippen LogP) is 3.11. The summed E-state index contributed by atoms with van der Waals surface area (Å²) in [7, 11) is 1.50. The van der Waals surface area contributed by atoms with Crippen LogP contribution in [0.15, 0.2) is 72.1 Å². The third kappa shape index (κ3) is 3.02. The fraction of sp³-hybridized carbons (Fsp3) is 0.143. The molecule has 0 radical (unpaired) electrons. The van der Waals surface area contributed by atoms with E-state index >= 15 is 0 Å². The minimum atomic E-state index is -2.77. The molecule has 0 saturated heterocycles. The molecule has 0 spiro atoms. The first-order valence-corrected chi connectivity index (χ1v) is 8.82. The Kier molecular flexibility index (Phi) is 4.54. The van der Waals surface area contributed by atoms with Crippen LogP contribution in [0, 0.1) is 0 Å². The molecule has 29 heavy (non-hydrogen) atoms. The van der Waals surface area contributed by atoms with Crippen molar-refractivity contribution in [2.24, 2.45) is 10.7 Å². The summed E-state index contributed by atoms with van der Waals surface area (Å²) < 4.78 is 26.5. The fourth-order valence-corrected chi connectivity index (χ4v) is 3.43. The molecule has 146 valence electrons. The zero-order valence-electron chi connectivity index (χ0n) is 15.5. The molecular weight excluding hydrogens is 376 g/mol. The third-order valence-corrected chi connectivity index (χ3v) is 4.94. The van der Waals surface area contributed by atoms with Crippen molar-refractivity contribution in [3.05, 3.63) is 83.9 Å². The number of pyridine rings is 2. The molecule has 0 fully saturated rings. The van der Waals surface area contributed by atoms with Crippen LogP contribution in [0.1, 0.15) is 23.2 Å². The number of nitrogens with zero attached hydrogens (tertiary/aromatic N) is 4. The molecule has 3 heterocycles. The Bertz CT molecular complexity index is 1100. The Morgan fingerprint density at radius 1 is 1.03 bits per heavy atom. The van der Waals surface area contributed by atoms with Crippen molar-refractivity contribution in [2.45, 2.75) is 12.0 Å². The maximum absolute atomic E-state index is 13.3. The average Bonchev–Trinajstić information content (AvgIpc) is 2.99. The van der Waals surface area contributed by atoms with E-state index in [0.29, 0.717) is 5.56 Å². The van der Waals surface area contributed by atoms with Gasteiger partial charge in [-0.05, 0) is 46.5 Å². The highest BCUT2D eigenvalue weighted by Gasteiger charge is 2.49. The lowest BCUT2D eigenvalue weighted by molar-refractivity contribution is -0.129. The SMILES string of the molecule is CN1C(=O)C(c2cccc(-c3cccnc3)c2)(c2ccnc(C(F)F)c2)N=C1N. The summed E-state index contributed by atoms with van der Waals surface area (Å²) >= 11 is 0. The molecule has 6 nitrogen and oxygen atoms in total. The van der Waals surface area contributed by atoms with Crippen molar-refractivity contribution < 1.29 is 13.6 Å². The number of likely N-dealkylation sites (N-methyl/N-ethyl adjacent to an activating group) is 1. The van der Waals surface area contributed by atoms with E-state index in [2.05, 4.69) is 15.0 Å².